The van der Waals surface area contributed by atoms with E-state index in [-0.39, 0.29) is 13.2 Å². The fraction of sp³-hybridized carbons (Fsp3) is 0.222. The van der Waals surface area contributed by atoms with Gasteiger partial charge in [-0.2, -0.15) is 25.3 Å². The smallest absolute Gasteiger partial charge is 0.323 e. The summed E-state index contributed by atoms with van der Waals surface area (Å²) in [5, 5.41) is -1.33. The topological polar surface area (TPSA) is 52.6 Å². The first-order chi connectivity index (χ1) is 11.6. The lowest BCUT2D eigenvalue weighted by Gasteiger charge is -2.13. The number of hydrogen-bond acceptors (Lipinski definition) is 6. The molecule has 0 N–H and O–H groups in total. The average molecular weight is 362 g/mol. The van der Waals surface area contributed by atoms with E-state index in [0.29, 0.717) is 0 Å². The van der Waals surface area contributed by atoms with E-state index in [1.165, 1.54) is 0 Å². The van der Waals surface area contributed by atoms with E-state index < -0.39 is 22.4 Å². The Kier molecular flexibility index (Phi) is 7.21. The molecule has 0 aromatic heterocycles. The van der Waals surface area contributed by atoms with Crippen LogP contribution < -0.4 is 0 Å². The minimum Gasteiger partial charge on any atom is -0.461 e. The van der Waals surface area contributed by atoms with Crippen molar-refractivity contribution in [2.45, 2.75) is 10.5 Å². The predicted molar refractivity (Wildman–Crippen MR) is 98.3 cm³/mol. The van der Waals surface area contributed by atoms with E-state index in [1.54, 1.807) is 24.3 Å². The maximum Gasteiger partial charge on any atom is 0.323 e. The first-order valence-corrected chi connectivity index (χ1v) is 8.42. The van der Waals surface area contributed by atoms with Gasteiger partial charge < -0.3 is 9.47 Å². The van der Waals surface area contributed by atoms with Crippen molar-refractivity contribution in [2.24, 2.45) is 0 Å². The Labute approximate surface area is 152 Å². The second kappa shape index (κ2) is 9.39. The number of rotatable bonds is 7. The Bertz CT molecular complexity index is 602. The van der Waals surface area contributed by atoms with E-state index in [4.69, 9.17) is 9.47 Å². The Morgan fingerprint density at radius 2 is 1.04 bits per heavy atom. The second-order valence-electron chi connectivity index (χ2n) is 4.96. The largest absolute Gasteiger partial charge is 0.461 e. The van der Waals surface area contributed by atoms with Crippen molar-refractivity contribution in [1.29, 1.82) is 0 Å². The van der Waals surface area contributed by atoms with Crippen LogP contribution in [0.3, 0.4) is 0 Å². The summed E-state index contributed by atoms with van der Waals surface area (Å²) in [6.45, 7) is -0.0481. The van der Waals surface area contributed by atoms with E-state index in [0.717, 1.165) is 11.1 Å². The van der Waals surface area contributed by atoms with Crippen LogP contribution in [0.4, 0.5) is 0 Å². The summed E-state index contributed by atoms with van der Waals surface area (Å²) in [4.78, 5) is 23.8. The maximum absolute atomic E-state index is 11.9. The van der Waals surface area contributed by atoms with Gasteiger partial charge in [0, 0.05) is 0 Å². The molecule has 4 nitrogen and oxygen atoms in total. The van der Waals surface area contributed by atoms with Crippen LogP contribution in [0.5, 0.6) is 0 Å². The van der Waals surface area contributed by atoms with Gasteiger partial charge in [0.15, 0.2) is 0 Å². The van der Waals surface area contributed by atoms with E-state index >= 15 is 0 Å². The summed E-state index contributed by atoms with van der Waals surface area (Å²) in [5.41, 5.74) is 1.50. The van der Waals surface area contributed by atoms with E-state index in [2.05, 4.69) is 25.3 Å². The fourth-order valence-corrected chi connectivity index (χ4v) is 2.48. The zero-order valence-electron chi connectivity index (χ0n) is 12.9. The average Bonchev–Trinajstić information content (AvgIpc) is 2.65. The molecule has 0 aliphatic carbocycles. The van der Waals surface area contributed by atoms with Gasteiger partial charge in [-0.25, -0.2) is 0 Å². The highest BCUT2D eigenvalue weighted by atomic mass is 32.1. The molecule has 0 bridgehead atoms. The van der Waals surface area contributed by atoms with Gasteiger partial charge in [-0.3, -0.25) is 9.59 Å². The molecule has 6 heteroatoms. The van der Waals surface area contributed by atoms with Crippen LogP contribution in [-0.2, 0) is 19.1 Å². The SMILES string of the molecule is O=C(OCCOC(=O)C(S)c1ccccc1)C(S)c1ccccc1. The van der Waals surface area contributed by atoms with Crippen molar-refractivity contribution >= 4 is 37.2 Å². The summed E-state index contributed by atoms with van der Waals surface area (Å²) in [6.07, 6.45) is 0. The van der Waals surface area contributed by atoms with Gasteiger partial charge in [0.1, 0.15) is 23.7 Å². The predicted octanol–water partition coefficient (Wildman–Crippen LogP) is 3.42. The van der Waals surface area contributed by atoms with Crippen molar-refractivity contribution in [3.63, 3.8) is 0 Å². The van der Waals surface area contributed by atoms with Crippen LogP contribution in [0.15, 0.2) is 60.7 Å². The summed E-state index contributed by atoms with van der Waals surface area (Å²) >= 11 is 8.49. The Morgan fingerprint density at radius 1 is 0.708 bits per heavy atom. The van der Waals surface area contributed by atoms with Crippen molar-refractivity contribution < 1.29 is 19.1 Å². The summed E-state index contributed by atoms with van der Waals surface area (Å²) in [5.74, 6) is -0.961. The molecule has 24 heavy (non-hydrogen) atoms. The molecule has 0 aliphatic rings. The van der Waals surface area contributed by atoms with Gasteiger partial charge in [-0.1, -0.05) is 60.7 Å². The van der Waals surface area contributed by atoms with Crippen LogP contribution in [-0.4, -0.2) is 25.2 Å². The number of hydrogen-bond donors (Lipinski definition) is 2. The van der Waals surface area contributed by atoms with Gasteiger partial charge in [-0.05, 0) is 11.1 Å². The molecule has 126 valence electrons. The molecule has 2 unspecified atom stereocenters. The molecule has 0 spiro atoms. The number of benzene rings is 2. The molecular weight excluding hydrogens is 344 g/mol. The van der Waals surface area contributed by atoms with Crippen LogP contribution in [0.25, 0.3) is 0 Å². The lowest BCUT2D eigenvalue weighted by Crippen LogP contribution is -2.18. The van der Waals surface area contributed by atoms with Gasteiger partial charge >= 0.3 is 11.9 Å². The molecule has 0 saturated carbocycles. The monoisotopic (exact) mass is 362 g/mol. The Morgan fingerprint density at radius 3 is 1.38 bits per heavy atom. The second-order valence-corrected chi connectivity index (χ2v) is 5.99. The third-order valence-corrected chi connectivity index (χ3v) is 4.27. The molecule has 0 saturated heterocycles. The molecule has 0 aliphatic heterocycles. The molecule has 0 amide bonds. The third-order valence-electron chi connectivity index (χ3n) is 3.25. The number of ether oxygens (including phenoxy) is 2. The van der Waals surface area contributed by atoms with Crippen LogP contribution >= 0.6 is 25.3 Å². The fourth-order valence-electron chi connectivity index (χ4n) is 1.99. The molecule has 2 atom stereocenters. The van der Waals surface area contributed by atoms with Gasteiger partial charge in [-0.15, -0.1) is 0 Å². The van der Waals surface area contributed by atoms with Gasteiger partial charge in [0.25, 0.3) is 0 Å². The van der Waals surface area contributed by atoms with Crippen molar-refractivity contribution in [3.8, 4) is 0 Å². The third kappa shape index (κ3) is 5.32. The quantitative estimate of drug-likeness (QED) is 0.450. The van der Waals surface area contributed by atoms with Gasteiger partial charge in [0.2, 0.25) is 0 Å². The summed E-state index contributed by atoms with van der Waals surface area (Å²) in [6, 6.07) is 18.2. The first kappa shape index (κ1) is 18.4. The summed E-state index contributed by atoms with van der Waals surface area (Å²) in [7, 11) is 0. The Balaban J connectivity index is 1.72. The molecule has 0 heterocycles. The number of carbonyl (C=O) groups excluding carboxylic acids is 2. The number of esters is 2. The van der Waals surface area contributed by atoms with Crippen LogP contribution in [0.1, 0.15) is 21.6 Å². The van der Waals surface area contributed by atoms with Gasteiger partial charge in [0.05, 0.1) is 0 Å². The zero-order chi connectivity index (χ0) is 17.4. The molecular formula is C18H18O4S2. The van der Waals surface area contributed by atoms with Crippen molar-refractivity contribution in [1.82, 2.24) is 0 Å². The maximum atomic E-state index is 11.9. The minimum atomic E-state index is -0.663. The molecule has 0 fully saturated rings. The number of thiol groups is 2. The molecule has 2 aromatic carbocycles. The highest BCUT2D eigenvalue weighted by Gasteiger charge is 2.19. The zero-order valence-corrected chi connectivity index (χ0v) is 14.7. The minimum absolute atomic E-state index is 0.0241. The van der Waals surface area contributed by atoms with Crippen LogP contribution in [0.2, 0.25) is 0 Å². The first-order valence-electron chi connectivity index (χ1n) is 7.39. The number of carbonyl (C=O) groups is 2. The summed E-state index contributed by atoms with van der Waals surface area (Å²) < 4.78 is 10.2. The standard InChI is InChI=1S/C18H18O4S2/c19-17(15(23)13-7-3-1-4-8-13)21-11-12-22-18(20)16(24)14-9-5-2-6-10-14/h1-10,15-16,23-24H,11-12H2. The highest BCUT2D eigenvalue weighted by molar-refractivity contribution is 7.81. The lowest BCUT2D eigenvalue weighted by atomic mass is 10.1. The molecule has 0 radical (unpaired) electrons. The Hall–Kier alpha value is -1.92. The van der Waals surface area contributed by atoms with E-state index in [9.17, 15) is 9.59 Å². The van der Waals surface area contributed by atoms with Crippen molar-refractivity contribution in [3.05, 3.63) is 71.8 Å². The molecule has 2 rings (SSSR count). The normalized spacial score (nSPS) is 12.9. The van der Waals surface area contributed by atoms with E-state index in [1.807, 2.05) is 36.4 Å². The van der Waals surface area contributed by atoms with Crippen LogP contribution in [0, 0.1) is 0 Å². The molecule has 2 aromatic rings. The lowest BCUT2D eigenvalue weighted by molar-refractivity contribution is -0.151. The van der Waals surface area contributed by atoms with Crippen molar-refractivity contribution in [2.75, 3.05) is 13.2 Å². The highest BCUT2D eigenvalue weighted by Crippen LogP contribution is 2.22.